The maximum Gasteiger partial charge on any atom is 0.344 e. The number of para-hydroxylation sites is 1. The van der Waals surface area contributed by atoms with Gasteiger partial charge in [-0.2, -0.15) is 0 Å². The topological polar surface area (TPSA) is 93.7 Å². The van der Waals surface area contributed by atoms with Crippen LogP contribution in [-0.2, 0) is 19.1 Å². The Bertz CT molecular complexity index is 811. The third-order valence-electron chi connectivity index (χ3n) is 3.45. The van der Waals surface area contributed by atoms with Gasteiger partial charge in [0.05, 0.1) is 6.54 Å². The van der Waals surface area contributed by atoms with Crippen molar-refractivity contribution in [2.24, 2.45) is 0 Å². The van der Waals surface area contributed by atoms with E-state index < -0.39 is 24.4 Å². The maximum atomic E-state index is 11.9. The van der Waals surface area contributed by atoms with Crippen LogP contribution in [0.1, 0.15) is 5.56 Å². The monoisotopic (exact) mass is 390 g/mol. The summed E-state index contributed by atoms with van der Waals surface area (Å²) in [5, 5.41) is 5.54. The number of ether oxygens (including phenoxy) is 2. The zero-order chi connectivity index (χ0) is 19.6. The van der Waals surface area contributed by atoms with Gasteiger partial charge in [-0.1, -0.05) is 35.9 Å². The van der Waals surface area contributed by atoms with E-state index in [1.165, 1.54) is 0 Å². The summed E-state index contributed by atoms with van der Waals surface area (Å²) in [7, 11) is 0. The molecule has 0 spiro atoms. The Morgan fingerprint density at radius 1 is 0.963 bits per heavy atom. The largest absolute Gasteiger partial charge is 0.482 e. The summed E-state index contributed by atoms with van der Waals surface area (Å²) in [6.45, 7) is 0.697. The molecule has 0 bridgehead atoms. The van der Waals surface area contributed by atoms with Gasteiger partial charge in [0.2, 0.25) is 5.91 Å². The molecule has 0 radical (unpaired) electrons. The zero-order valence-corrected chi connectivity index (χ0v) is 15.4. The lowest BCUT2D eigenvalue weighted by atomic mass is 10.2. The van der Waals surface area contributed by atoms with Crippen molar-refractivity contribution >= 4 is 35.1 Å². The highest BCUT2D eigenvalue weighted by atomic mass is 35.5. The van der Waals surface area contributed by atoms with Crippen LogP contribution in [0.2, 0.25) is 5.02 Å². The van der Waals surface area contributed by atoms with Gasteiger partial charge in [0, 0.05) is 10.7 Å². The van der Waals surface area contributed by atoms with Crippen molar-refractivity contribution in [3.8, 4) is 5.75 Å². The number of hydrogen-bond donors (Lipinski definition) is 2. The van der Waals surface area contributed by atoms with Gasteiger partial charge in [0.15, 0.2) is 13.2 Å². The van der Waals surface area contributed by atoms with Gasteiger partial charge in [-0.3, -0.25) is 9.59 Å². The molecule has 0 aromatic heterocycles. The minimum absolute atomic E-state index is 0.261. The van der Waals surface area contributed by atoms with E-state index in [4.69, 9.17) is 21.1 Å². The third kappa shape index (κ3) is 6.99. The fourth-order valence-corrected chi connectivity index (χ4v) is 2.19. The second kappa shape index (κ2) is 10.2. The Hall–Kier alpha value is -3.06. The number of hydrogen-bond acceptors (Lipinski definition) is 5. The van der Waals surface area contributed by atoms with Gasteiger partial charge in [-0.15, -0.1) is 0 Å². The second-order valence-electron chi connectivity index (χ2n) is 5.50. The van der Waals surface area contributed by atoms with Crippen LogP contribution in [0.4, 0.5) is 5.69 Å². The van der Waals surface area contributed by atoms with Gasteiger partial charge in [0.1, 0.15) is 5.75 Å². The van der Waals surface area contributed by atoms with Crippen LogP contribution in [0, 0.1) is 6.92 Å². The van der Waals surface area contributed by atoms with Crippen LogP contribution in [0.25, 0.3) is 0 Å². The standard InChI is InChI=1S/C19H19ClN2O5/c1-13-15(20)8-5-9-16(13)22-17(23)10-21-18(24)11-27-19(25)12-26-14-6-3-2-4-7-14/h2-9H,10-12H2,1H3,(H,21,24)(H,22,23). The highest BCUT2D eigenvalue weighted by molar-refractivity contribution is 6.31. The van der Waals surface area contributed by atoms with E-state index in [9.17, 15) is 14.4 Å². The lowest BCUT2D eigenvalue weighted by molar-refractivity contribution is -0.150. The third-order valence-corrected chi connectivity index (χ3v) is 3.86. The molecule has 27 heavy (non-hydrogen) atoms. The maximum absolute atomic E-state index is 11.9. The summed E-state index contributed by atoms with van der Waals surface area (Å²) in [5.41, 5.74) is 1.29. The van der Waals surface area contributed by atoms with Crippen molar-refractivity contribution in [2.75, 3.05) is 25.1 Å². The highest BCUT2D eigenvalue weighted by Crippen LogP contribution is 2.22. The van der Waals surface area contributed by atoms with Gasteiger partial charge < -0.3 is 20.1 Å². The molecule has 0 saturated heterocycles. The van der Waals surface area contributed by atoms with Crippen LogP contribution in [0.5, 0.6) is 5.75 Å². The number of halogens is 1. The molecule has 0 aliphatic rings. The smallest absolute Gasteiger partial charge is 0.344 e. The number of nitrogens with one attached hydrogen (secondary N) is 2. The molecule has 2 N–H and O–H groups in total. The Labute approximate surface area is 161 Å². The molecule has 0 aliphatic heterocycles. The van der Waals surface area contributed by atoms with E-state index in [0.717, 1.165) is 5.56 Å². The summed E-state index contributed by atoms with van der Waals surface area (Å²) < 4.78 is 9.99. The lowest BCUT2D eigenvalue weighted by Crippen LogP contribution is -2.36. The van der Waals surface area contributed by atoms with Crippen molar-refractivity contribution in [2.45, 2.75) is 6.92 Å². The number of anilines is 1. The fourth-order valence-electron chi connectivity index (χ4n) is 2.01. The molecule has 0 atom stereocenters. The summed E-state index contributed by atoms with van der Waals surface area (Å²) in [6, 6.07) is 13.9. The molecule has 0 heterocycles. The van der Waals surface area contributed by atoms with Crippen molar-refractivity contribution in [3.05, 3.63) is 59.1 Å². The molecule has 0 saturated carbocycles. The van der Waals surface area contributed by atoms with E-state index in [2.05, 4.69) is 10.6 Å². The zero-order valence-electron chi connectivity index (χ0n) is 14.7. The van der Waals surface area contributed by atoms with Crippen molar-refractivity contribution in [1.82, 2.24) is 5.32 Å². The molecule has 2 amide bonds. The first-order valence-electron chi connectivity index (χ1n) is 8.11. The van der Waals surface area contributed by atoms with E-state index in [1.54, 1.807) is 49.4 Å². The summed E-state index contributed by atoms with van der Waals surface area (Å²) in [6.07, 6.45) is 0. The Morgan fingerprint density at radius 3 is 2.44 bits per heavy atom. The van der Waals surface area contributed by atoms with Crippen LogP contribution < -0.4 is 15.4 Å². The fraction of sp³-hybridized carbons (Fsp3) is 0.211. The lowest BCUT2D eigenvalue weighted by Gasteiger charge is -2.10. The Kier molecular flexibility index (Phi) is 7.63. The number of carbonyl (C=O) groups excluding carboxylic acids is 3. The van der Waals surface area contributed by atoms with Gasteiger partial charge >= 0.3 is 5.97 Å². The van der Waals surface area contributed by atoms with Crippen LogP contribution in [-0.4, -0.2) is 37.5 Å². The normalized spacial score (nSPS) is 10.0. The van der Waals surface area contributed by atoms with Crippen LogP contribution in [0.3, 0.4) is 0 Å². The molecule has 0 unspecified atom stereocenters. The Balaban J connectivity index is 1.66. The Morgan fingerprint density at radius 2 is 1.70 bits per heavy atom. The van der Waals surface area contributed by atoms with Crippen molar-refractivity contribution in [1.29, 1.82) is 0 Å². The van der Waals surface area contributed by atoms with Gasteiger partial charge in [-0.25, -0.2) is 4.79 Å². The average Bonchev–Trinajstić information content (AvgIpc) is 2.67. The van der Waals surface area contributed by atoms with E-state index >= 15 is 0 Å². The van der Waals surface area contributed by atoms with Crippen molar-refractivity contribution in [3.63, 3.8) is 0 Å². The quantitative estimate of drug-likeness (QED) is 0.675. The van der Waals surface area contributed by atoms with E-state index in [1.807, 2.05) is 6.07 Å². The molecule has 8 heteroatoms. The molecule has 142 valence electrons. The van der Waals surface area contributed by atoms with E-state index in [0.29, 0.717) is 16.5 Å². The minimum atomic E-state index is -0.687. The predicted octanol–water partition coefficient (Wildman–Crippen LogP) is 2.33. The SMILES string of the molecule is Cc1c(Cl)cccc1NC(=O)CNC(=O)COC(=O)COc1ccccc1. The van der Waals surface area contributed by atoms with Crippen LogP contribution >= 0.6 is 11.6 Å². The molecule has 2 rings (SSSR count). The molecule has 2 aromatic rings. The summed E-state index contributed by atoms with van der Waals surface area (Å²) in [5.74, 6) is -1.19. The van der Waals surface area contributed by atoms with E-state index in [-0.39, 0.29) is 13.2 Å². The summed E-state index contributed by atoms with van der Waals surface area (Å²) in [4.78, 5) is 35.1. The molecular weight excluding hydrogens is 372 g/mol. The first-order chi connectivity index (χ1) is 13.0. The molecular formula is C19H19ClN2O5. The van der Waals surface area contributed by atoms with Gasteiger partial charge in [0.25, 0.3) is 5.91 Å². The second-order valence-corrected chi connectivity index (χ2v) is 5.91. The molecule has 7 nitrogen and oxygen atoms in total. The average molecular weight is 391 g/mol. The minimum Gasteiger partial charge on any atom is -0.482 e. The van der Waals surface area contributed by atoms with Crippen molar-refractivity contribution < 1.29 is 23.9 Å². The summed E-state index contributed by atoms with van der Waals surface area (Å²) >= 11 is 5.98. The molecule has 0 fully saturated rings. The number of amides is 2. The number of rotatable bonds is 8. The number of esters is 1. The van der Waals surface area contributed by atoms with Crippen LogP contribution in [0.15, 0.2) is 48.5 Å². The number of carbonyl (C=O) groups is 3. The highest BCUT2D eigenvalue weighted by Gasteiger charge is 2.11. The first-order valence-corrected chi connectivity index (χ1v) is 8.48. The predicted molar refractivity (Wildman–Crippen MR) is 101 cm³/mol. The van der Waals surface area contributed by atoms with Gasteiger partial charge in [-0.05, 0) is 36.8 Å². The molecule has 2 aromatic carbocycles. The molecule has 0 aliphatic carbocycles. The number of benzene rings is 2. The first kappa shape index (κ1) is 20.3.